The van der Waals surface area contributed by atoms with Crippen molar-refractivity contribution in [2.24, 2.45) is 0 Å². The van der Waals surface area contributed by atoms with E-state index in [1.54, 1.807) is 19.2 Å². The molecule has 0 spiro atoms. The number of rotatable bonds is 4. The molecule has 6 heteroatoms. The van der Waals surface area contributed by atoms with Crippen molar-refractivity contribution in [1.82, 2.24) is 5.32 Å². The SMILES string of the molecule is COC(C)(C)CNC(=O)c1sc2cccc(F)c2c1N. The van der Waals surface area contributed by atoms with E-state index in [0.29, 0.717) is 21.5 Å². The van der Waals surface area contributed by atoms with Gasteiger partial charge in [0.15, 0.2) is 0 Å². The molecule has 0 radical (unpaired) electrons. The lowest BCUT2D eigenvalue weighted by Crippen LogP contribution is -2.39. The lowest BCUT2D eigenvalue weighted by Gasteiger charge is -2.22. The molecule has 0 saturated carbocycles. The summed E-state index contributed by atoms with van der Waals surface area (Å²) in [7, 11) is 1.58. The molecule has 0 aliphatic carbocycles. The van der Waals surface area contributed by atoms with Gasteiger partial charge in [0.2, 0.25) is 0 Å². The maximum atomic E-state index is 13.7. The number of hydrogen-bond acceptors (Lipinski definition) is 4. The van der Waals surface area contributed by atoms with Crippen LogP contribution in [-0.4, -0.2) is 25.2 Å². The first-order valence-corrected chi connectivity index (χ1v) is 6.97. The minimum absolute atomic E-state index is 0.191. The molecule has 1 aromatic heterocycles. The van der Waals surface area contributed by atoms with Crippen molar-refractivity contribution >= 4 is 33.0 Å². The van der Waals surface area contributed by atoms with E-state index in [4.69, 9.17) is 10.5 Å². The van der Waals surface area contributed by atoms with Gasteiger partial charge in [-0.15, -0.1) is 11.3 Å². The summed E-state index contributed by atoms with van der Waals surface area (Å²) in [6.07, 6.45) is 0. The molecule has 1 heterocycles. The molecule has 2 rings (SSSR count). The third kappa shape index (κ3) is 2.76. The van der Waals surface area contributed by atoms with E-state index in [0.717, 1.165) is 0 Å². The van der Waals surface area contributed by atoms with Gasteiger partial charge in [-0.1, -0.05) is 6.07 Å². The predicted molar refractivity (Wildman–Crippen MR) is 79.6 cm³/mol. The van der Waals surface area contributed by atoms with Crippen LogP contribution < -0.4 is 11.1 Å². The average Bonchev–Trinajstić information content (AvgIpc) is 2.75. The Hall–Kier alpha value is -1.66. The number of thiophene rings is 1. The number of benzene rings is 1. The number of ether oxygens (including phenoxy) is 1. The zero-order chi connectivity index (χ0) is 14.9. The van der Waals surface area contributed by atoms with Crippen molar-refractivity contribution in [3.05, 3.63) is 28.9 Å². The number of carbonyl (C=O) groups is 1. The van der Waals surface area contributed by atoms with Gasteiger partial charge in [-0.05, 0) is 26.0 Å². The summed E-state index contributed by atoms with van der Waals surface area (Å²) in [5, 5.41) is 3.07. The van der Waals surface area contributed by atoms with Gasteiger partial charge in [0.25, 0.3) is 5.91 Å². The fourth-order valence-electron chi connectivity index (χ4n) is 1.74. The Morgan fingerprint density at radius 3 is 2.80 bits per heavy atom. The molecule has 1 aromatic carbocycles. The number of methoxy groups -OCH3 is 1. The number of amides is 1. The fourth-order valence-corrected chi connectivity index (χ4v) is 2.80. The summed E-state index contributed by atoms with van der Waals surface area (Å²) < 4.78 is 19.6. The van der Waals surface area contributed by atoms with E-state index < -0.39 is 11.4 Å². The van der Waals surface area contributed by atoms with Crippen LogP contribution in [0.1, 0.15) is 23.5 Å². The third-order valence-electron chi connectivity index (χ3n) is 3.13. The van der Waals surface area contributed by atoms with Crippen LogP contribution in [0.25, 0.3) is 10.1 Å². The van der Waals surface area contributed by atoms with Gasteiger partial charge in [0.05, 0.1) is 16.7 Å². The molecular weight excluding hydrogens is 279 g/mol. The number of halogens is 1. The second kappa shape index (κ2) is 5.38. The molecule has 0 aliphatic heterocycles. The van der Waals surface area contributed by atoms with Gasteiger partial charge in [-0.25, -0.2) is 4.39 Å². The summed E-state index contributed by atoms with van der Waals surface area (Å²) >= 11 is 1.19. The van der Waals surface area contributed by atoms with Crippen molar-refractivity contribution in [2.45, 2.75) is 19.4 Å². The standard InChI is InChI=1S/C14H17FN2O2S/c1-14(2,19-3)7-17-13(18)12-11(16)10-8(15)5-4-6-9(10)20-12/h4-6H,7,16H2,1-3H3,(H,17,18). The first kappa shape index (κ1) is 14.7. The van der Waals surface area contributed by atoms with Crippen molar-refractivity contribution in [2.75, 3.05) is 19.4 Å². The highest BCUT2D eigenvalue weighted by molar-refractivity contribution is 7.21. The van der Waals surface area contributed by atoms with Gasteiger partial charge in [-0.3, -0.25) is 4.79 Å². The normalized spacial score (nSPS) is 11.8. The molecule has 0 saturated heterocycles. The summed E-state index contributed by atoms with van der Waals surface area (Å²) in [5.74, 6) is -0.722. The van der Waals surface area contributed by atoms with Gasteiger partial charge in [0.1, 0.15) is 10.7 Å². The van der Waals surface area contributed by atoms with Gasteiger partial charge >= 0.3 is 0 Å². The van der Waals surface area contributed by atoms with Crippen molar-refractivity contribution in [3.63, 3.8) is 0 Å². The minimum Gasteiger partial charge on any atom is -0.397 e. The number of carbonyl (C=O) groups excluding carboxylic acids is 1. The van der Waals surface area contributed by atoms with Gasteiger partial charge in [-0.2, -0.15) is 0 Å². The summed E-state index contributed by atoms with van der Waals surface area (Å²) in [4.78, 5) is 12.5. The molecule has 1 amide bonds. The maximum Gasteiger partial charge on any atom is 0.263 e. The Kier molecular flexibility index (Phi) is 3.96. The zero-order valence-electron chi connectivity index (χ0n) is 11.6. The van der Waals surface area contributed by atoms with E-state index in [1.165, 1.54) is 17.4 Å². The van der Waals surface area contributed by atoms with E-state index in [2.05, 4.69) is 5.32 Å². The molecule has 0 atom stereocenters. The highest BCUT2D eigenvalue weighted by Crippen LogP contribution is 2.35. The molecule has 108 valence electrons. The summed E-state index contributed by atoms with van der Waals surface area (Å²) in [6, 6.07) is 4.68. The monoisotopic (exact) mass is 296 g/mol. The number of nitrogens with two attached hydrogens (primary N) is 1. The summed E-state index contributed by atoms with van der Waals surface area (Å²) in [6.45, 7) is 4.07. The highest BCUT2D eigenvalue weighted by atomic mass is 32.1. The van der Waals surface area contributed by atoms with Crippen molar-refractivity contribution < 1.29 is 13.9 Å². The van der Waals surface area contributed by atoms with Gasteiger partial charge < -0.3 is 15.8 Å². The van der Waals surface area contributed by atoms with E-state index in [1.807, 2.05) is 13.8 Å². The van der Waals surface area contributed by atoms with Crippen molar-refractivity contribution in [3.8, 4) is 0 Å². The van der Waals surface area contributed by atoms with Crippen LogP contribution in [0.5, 0.6) is 0 Å². The molecule has 20 heavy (non-hydrogen) atoms. The second-order valence-corrected chi connectivity index (χ2v) is 6.16. The predicted octanol–water partition coefficient (Wildman–Crippen LogP) is 2.78. The number of anilines is 1. The molecule has 0 unspecified atom stereocenters. The molecule has 3 N–H and O–H groups in total. The Balaban J connectivity index is 2.27. The first-order chi connectivity index (χ1) is 9.35. The Labute approximate surface area is 120 Å². The molecule has 4 nitrogen and oxygen atoms in total. The van der Waals surface area contributed by atoms with E-state index in [9.17, 15) is 9.18 Å². The largest absolute Gasteiger partial charge is 0.397 e. The van der Waals surface area contributed by atoms with Crippen molar-refractivity contribution in [1.29, 1.82) is 0 Å². The Morgan fingerprint density at radius 2 is 2.20 bits per heavy atom. The molecular formula is C14H17FN2O2S. The number of nitrogen functional groups attached to an aromatic ring is 1. The van der Waals surface area contributed by atoms with Crippen LogP contribution in [0.4, 0.5) is 10.1 Å². The number of fused-ring (bicyclic) bond motifs is 1. The van der Waals surface area contributed by atoms with Crippen LogP contribution in [-0.2, 0) is 4.74 Å². The second-order valence-electron chi connectivity index (χ2n) is 5.10. The Bertz CT molecular complexity index is 652. The quantitative estimate of drug-likeness (QED) is 0.912. The number of hydrogen-bond donors (Lipinski definition) is 2. The Morgan fingerprint density at radius 1 is 1.50 bits per heavy atom. The van der Waals surface area contributed by atoms with Crippen LogP contribution in [0.2, 0.25) is 0 Å². The molecule has 0 fully saturated rings. The van der Waals surface area contributed by atoms with Gasteiger partial charge in [0, 0.05) is 18.4 Å². The summed E-state index contributed by atoms with van der Waals surface area (Å²) in [5.41, 5.74) is 5.62. The fraction of sp³-hybridized carbons (Fsp3) is 0.357. The molecule has 0 bridgehead atoms. The minimum atomic E-state index is -0.466. The van der Waals surface area contributed by atoms with Crippen LogP contribution in [0.15, 0.2) is 18.2 Å². The zero-order valence-corrected chi connectivity index (χ0v) is 12.4. The average molecular weight is 296 g/mol. The topological polar surface area (TPSA) is 64.3 Å². The maximum absolute atomic E-state index is 13.7. The first-order valence-electron chi connectivity index (χ1n) is 6.15. The molecule has 0 aliphatic rings. The smallest absolute Gasteiger partial charge is 0.263 e. The van der Waals surface area contributed by atoms with Crippen LogP contribution in [0.3, 0.4) is 0 Å². The molecule has 2 aromatic rings. The van der Waals surface area contributed by atoms with Crippen LogP contribution >= 0.6 is 11.3 Å². The van der Waals surface area contributed by atoms with E-state index >= 15 is 0 Å². The third-order valence-corrected chi connectivity index (χ3v) is 4.30. The van der Waals surface area contributed by atoms with Crippen LogP contribution in [0, 0.1) is 5.82 Å². The lowest BCUT2D eigenvalue weighted by atomic mass is 10.1. The number of nitrogens with one attached hydrogen (secondary N) is 1. The lowest BCUT2D eigenvalue weighted by molar-refractivity contribution is 0.0229. The van der Waals surface area contributed by atoms with E-state index in [-0.39, 0.29) is 11.6 Å². The highest BCUT2D eigenvalue weighted by Gasteiger charge is 2.22.